The fraction of sp³-hybridized carbons (Fsp3) is 0.143. The molecule has 0 aliphatic heterocycles. The number of aryl methyl sites for hydroxylation is 1. The second kappa shape index (κ2) is 6.38. The number of anilines is 2. The van der Waals surface area contributed by atoms with Crippen LogP contribution in [0.15, 0.2) is 51.9 Å². The number of nitrogens with one attached hydrogen (secondary N) is 1. The molecule has 1 aromatic carbocycles. The number of carbonyl (C=O) groups is 1. The molecule has 20 heavy (non-hydrogen) atoms. The highest BCUT2D eigenvalue weighted by Crippen LogP contribution is 2.16. The van der Waals surface area contributed by atoms with Gasteiger partial charge < -0.3 is 15.6 Å². The topological polar surface area (TPSA) is 77.1 Å². The van der Waals surface area contributed by atoms with Crippen molar-refractivity contribution in [2.24, 2.45) is 0 Å². The number of nitrogens with zero attached hydrogens (tertiary/aromatic N) is 1. The fourth-order valence-electron chi connectivity index (χ4n) is 1.72. The van der Waals surface area contributed by atoms with Crippen LogP contribution in [-0.4, -0.2) is 10.5 Å². The smallest absolute Gasteiger partial charge is 0.250 e. The number of benzene rings is 1. The van der Waals surface area contributed by atoms with Crippen LogP contribution in [0.25, 0.3) is 0 Å². The minimum Gasteiger partial charge on any atom is -0.397 e. The van der Waals surface area contributed by atoms with Crippen molar-refractivity contribution < 1.29 is 4.79 Å². The molecule has 1 amide bonds. The van der Waals surface area contributed by atoms with E-state index in [2.05, 4.69) is 21.2 Å². The van der Waals surface area contributed by atoms with E-state index in [4.69, 9.17) is 5.73 Å². The van der Waals surface area contributed by atoms with Crippen LogP contribution in [-0.2, 0) is 11.3 Å². The summed E-state index contributed by atoms with van der Waals surface area (Å²) in [4.78, 5) is 23.4. The van der Waals surface area contributed by atoms with Gasteiger partial charge in [-0.1, -0.05) is 12.1 Å². The molecule has 5 nitrogen and oxygen atoms in total. The van der Waals surface area contributed by atoms with Gasteiger partial charge in [0, 0.05) is 29.7 Å². The summed E-state index contributed by atoms with van der Waals surface area (Å²) in [5, 5.41) is 2.72. The first kappa shape index (κ1) is 14.3. The fourth-order valence-corrected chi connectivity index (χ4v) is 2.10. The van der Waals surface area contributed by atoms with Crippen molar-refractivity contribution in [2.45, 2.75) is 13.0 Å². The van der Waals surface area contributed by atoms with Crippen molar-refractivity contribution in [3.63, 3.8) is 0 Å². The van der Waals surface area contributed by atoms with E-state index in [-0.39, 0.29) is 17.9 Å². The van der Waals surface area contributed by atoms with Crippen molar-refractivity contribution in [2.75, 3.05) is 11.1 Å². The first-order chi connectivity index (χ1) is 9.56. The summed E-state index contributed by atoms with van der Waals surface area (Å²) >= 11 is 3.29. The molecule has 3 N–H and O–H groups in total. The Hall–Kier alpha value is -2.08. The molecule has 1 aromatic heterocycles. The van der Waals surface area contributed by atoms with Crippen LogP contribution in [0.5, 0.6) is 0 Å². The Kier molecular flexibility index (Phi) is 4.57. The van der Waals surface area contributed by atoms with Crippen LogP contribution in [0.2, 0.25) is 0 Å². The highest BCUT2D eigenvalue weighted by Gasteiger charge is 2.06. The van der Waals surface area contributed by atoms with Gasteiger partial charge in [-0.3, -0.25) is 9.59 Å². The van der Waals surface area contributed by atoms with Gasteiger partial charge in [0.05, 0.1) is 11.4 Å². The van der Waals surface area contributed by atoms with Crippen molar-refractivity contribution >= 4 is 33.2 Å². The molecule has 0 saturated heterocycles. The number of nitrogens with two attached hydrogens (primary N) is 1. The summed E-state index contributed by atoms with van der Waals surface area (Å²) in [6, 6.07) is 10.2. The molecule has 1 heterocycles. The van der Waals surface area contributed by atoms with E-state index in [0.29, 0.717) is 17.9 Å². The zero-order valence-electron chi connectivity index (χ0n) is 10.7. The van der Waals surface area contributed by atoms with E-state index < -0.39 is 0 Å². The van der Waals surface area contributed by atoms with Crippen molar-refractivity contribution in [3.8, 4) is 0 Å². The van der Waals surface area contributed by atoms with Crippen LogP contribution in [0.3, 0.4) is 0 Å². The second-order valence-electron chi connectivity index (χ2n) is 4.26. The van der Waals surface area contributed by atoms with E-state index in [1.54, 1.807) is 36.5 Å². The Morgan fingerprint density at radius 2 is 2.00 bits per heavy atom. The number of rotatable bonds is 4. The lowest BCUT2D eigenvalue weighted by Gasteiger charge is -2.09. The minimum atomic E-state index is -0.185. The quantitative estimate of drug-likeness (QED) is 0.841. The lowest BCUT2D eigenvalue weighted by Crippen LogP contribution is -2.22. The number of carbonyl (C=O) groups excluding carboxylic acids is 1. The Morgan fingerprint density at radius 3 is 2.75 bits per heavy atom. The summed E-state index contributed by atoms with van der Waals surface area (Å²) in [6.45, 7) is 0.316. The van der Waals surface area contributed by atoms with Crippen LogP contribution < -0.4 is 16.6 Å². The van der Waals surface area contributed by atoms with Gasteiger partial charge in [-0.15, -0.1) is 0 Å². The number of hydrogen-bond donors (Lipinski definition) is 2. The molecule has 0 spiro atoms. The molecular formula is C14H14BrN3O2. The first-order valence-electron chi connectivity index (χ1n) is 6.06. The maximum Gasteiger partial charge on any atom is 0.250 e. The van der Waals surface area contributed by atoms with Crippen LogP contribution in [0, 0.1) is 0 Å². The zero-order chi connectivity index (χ0) is 14.5. The molecule has 0 radical (unpaired) electrons. The summed E-state index contributed by atoms with van der Waals surface area (Å²) in [6.07, 6.45) is 1.86. The van der Waals surface area contributed by atoms with Crippen molar-refractivity contribution in [3.05, 3.63) is 57.4 Å². The third kappa shape index (κ3) is 3.71. The maximum atomic E-state index is 11.8. The molecule has 0 atom stereocenters. The minimum absolute atomic E-state index is 0.139. The lowest BCUT2D eigenvalue weighted by molar-refractivity contribution is -0.116. The average Bonchev–Trinajstić information content (AvgIpc) is 2.42. The molecule has 0 unspecified atom stereocenters. The molecule has 0 aliphatic carbocycles. The van der Waals surface area contributed by atoms with E-state index in [1.807, 2.05) is 0 Å². The zero-order valence-corrected chi connectivity index (χ0v) is 12.3. The number of pyridine rings is 1. The normalized spacial score (nSPS) is 10.2. The highest BCUT2D eigenvalue weighted by atomic mass is 79.9. The Labute approximate surface area is 124 Å². The number of para-hydroxylation sites is 2. The molecular weight excluding hydrogens is 322 g/mol. The molecule has 104 valence electrons. The monoisotopic (exact) mass is 335 g/mol. The van der Waals surface area contributed by atoms with Crippen LogP contribution >= 0.6 is 15.9 Å². The second-order valence-corrected chi connectivity index (χ2v) is 5.18. The predicted octanol–water partition coefficient (Wildman–Crippen LogP) is 2.22. The summed E-state index contributed by atoms with van der Waals surface area (Å²) in [7, 11) is 0. The van der Waals surface area contributed by atoms with Gasteiger partial charge in [0.1, 0.15) is 0 Å². The molecule has 6 heteroatoms. The van der Waals surface area contributed by atoms with Gasteiger partial charge in [0.2, 0.25) is 5.91 Å². The third-order valence-electron chi connectivity index (χ3n) is 2.76. The van der Waals surface area contributed by atoms with Gasteiger partial charge in [0.15, 0.2) is 0 Å². The standard InChI is InChI=1S/C14H14BrN3O2/c15-10-5-6-14(20)18(9-10)8-7-13(19)17-12-4-2-1-3-11(12)16/h1-6,9H,7-8,16H2,(H,17,19). The average molecular weight is 336 g/mol. The van der Waals surface area contributed by atoms with Crippen LogP contribution in [0.1, 0.15) is 6.42 Å². The number of hydrogen-bond acceptors (Lipinski definition) is 3. The SMILES string of the molecule is Nc1ccccc1NC(=O)CCn1cc(Br)ccc1=O. The van der Waals surface area contributed by atoms with Gasteiger partial charge in [0.25, 0.3) is 5.56 Å². The molecule has 0 bridgehead atoms. The van der Waals surface area contributed by atoms with E-state index >= 15 is 0 Å². The van der Waals surface area contributed by atoms with E-state index in [1.165, 1.54) is 10.6 Å². The number of halogens is 1. The van der Waals surface area contributed by atoms with Gasteiger partial charge in [-0.05, 0) is 34.1 Å². The van der Waals surface area contributed by atoms with E-state index in [0.717, 1.165) is 4.47 Å². The molecule has 0 aliphatic rings. The van der Waals surface area contributed by atoms with E-state index in [9.17, 15) is 9.59 Å². The molecule has 2 rings (SSSR count). The Balaban J connectivity index is 1.98. The van der Waals surface area contributed by atoms with Gasteiger partial charge in [-0.25, -0.2) is 0 Å². The molecule has 0 saturated carbocycles. The Bertz CT molecular complexity index is 682. The van der Waals surface area contributed by atoms with Crippen molar-refractivity contribution in [1.82, 2.24) is 4.57 Å². The predicted molar refractivity (Wildman–Crippen MR) is 82.5 cm³/mol. The number of amides is 1. The maximum absolute atomic E-state index is 11.8. The number of aromatic nitrogens is 1. The summed E-state index contributed by atoms with van der Waals surface area (Å²) in [5.41, 5.74) is 6.70. The first-order valence-corrected chi connectivity index (χ1v) is 6.86. The number of nitrogen functional groups attached to an aromatic ring is 1. The molecule has 2 aromatic rings. The van der Waals surface area contributed by atoms with Crippen LogP contribution in [0.4, 0.5) is 11.4 Å². The third-order valence-corrected chi connectivity index (χ3v) is 3.23. The largest absolute Gasteiger partial charge is 0.397 e. The summed E-state index contributed by atoms with van der Waals surface area (Å²) in [5.74, 6) is -0.185. The van der Waals surface area contributed by atoms with Crippen molar-refractivity contribution in [1.29, 1.82) is 0 Å². The molecule has 0 fully saturated rings. The Morgan fingerprint density at radius 1 is 1.25 bits per heavy atom. The highest BCUT2D eigenvalue weighted by molar-refractivity contribution is 9.10. The van der Waals surface area contributed by atoms with Gasteiger partial charge >= 0.3 is 0 Å². The lowest BCUT2D eigenvalue weighted by atomic mass is 10.2. The summed E-state index contributed by atoms with van der Waals surface area (Å²) < 4.78 is 2.28. The van der Waals surface area contributed by atoms with Gasteiger partial charge in [-0.2, -0.15) is 0 Å².